The van der Waals surface area contributed by atoms with E-state index in [4.69, 9.17) is 10.5 Å². The number of hydrogen-bond acceptors (Lipinski definition) is 4. The quantitative estimate of drug-likeness (QED) is 0.489. The fourth-order valence-electron chi connectivity index (χ4n) is 0.934. The summed E-state index contributed by atoms with van der Waals surface area (Å²) in [4.78, 5) is 22.3. The Morgan fingerprint density at radius 1 is 1.40 bits per heavy atom. The van der Waals surface area contributed by atoms with Crippen LogP contribution in [0, 0.1) is 0 Å². The van der Waals surface area contributed by atoms with Crippen molar-refractivity contribution in [3.8, 4) is 0 Å². The number of methoxy groups -OCH3 is 1. The smallest absolute Gasteiger partial charge is 0.239 e. The summed E-state index contributed by atoms with van der Waals surface area (Å²) in [7, 11) is 1.54. The number of carbonyl (C=O) groups excluding carboxylic acids is 2. The molecule has 6 nitrogen and oxygen atoms in total. The Hall–Kier alpha value is -1.14. The third-order valence-electron chi connectivity index (χ3n) is 1.77. The minimum absolute atomic E-state index is 0.0344. The first-order valence-corrected chi connectivity index (χ1v) is 4.90. The van der Waals surface area contributed by atoms with Crippen molar-refractivity contribution in [3.05, 3.63) is 0 Å². The van der Waals surface area contributed by atoms with E-state index in [1.165, 1.54) is 0 Å². The highest BCUT2D eigenvalue weighted by Crippen LogP contribution is 1.88. The zero-order valence-electron chi connectivity index (χ0n) is 9.21. The second-order valence-electron chi connectivity index (χ2n) is 3.06. The fourth-order valence-corrected chi connectivity index (χ4v) is 0.934. The third kappa shape index (κ3) is 6.87. The van der Waals surface area contributed by atoms with Crippen molar-refractivity contribution in [2.45, 2.75) is 19.4 Å². The number of nitrogens with two attached hydrogens (primary N) is 1. The zero-order valence-corrected chi connectivity index (χ0v) is 9.21. The van der Waals surface area contributed by atoms with Gasteiger partial charge in [-0.1, -0.05) is 0 Å². The summed E-state index contributed by atoms with van der Waals surface area (Å²) in [5.74, 6) is -0.553. The van der Waals surface area contributed by atoms with Gasteiger partial charge >= 0.3 is 0 Å². The highest BCUT2D eigenvalue weighted by atomic mass is 16.5. The highest BCUT2D eigenvalue weighted by Gasteiger charge is 2.13. The molecule has 0 spiro atoms. The number of hydrogen-bond donors (Lipinski definition) is 3. The fraction of sp³-hybridized carbons (Fsp3) is 0.778. The molecule has 1 unspecified atom stereocenters. The monoisotopic (exact) mass is 217 g/mol. The molecular formula is C9H19N3O3. The van der Waals surface area contributed by atoms with Crippen LogP contribution in [0.25, 0.3) is 0 Å². The Kier molecular flexibility index (Phi) is 7.57. The zero-order chi connectivity index (χ0) is 11.7. The van der Waals surface area contributed by atoms with Gasteiger partial charge in [-0.25, -0.2) is 0 Å². The Morgan fingerprint density at radius 2 is 2.07 bits per heavy atom. The van der Waals surface area contributed by atoms with Crippen LogP contribution in [-0.4, -0.2) is 44.7 Å². The molecule has 1 atom stereocenters. The molecule has 0 fully saturated rings. The molecule has 0 heterocycles. The number of likely N-dealkylation sites (N-methyl/N-ethyl adjacent to an activating group) is 1. The van der Waals surface area contributed by atoms with E-state index in [1.54, 1.807) is 7.11 Å². The summed E-state index contributed by atoms with van der Waals surface area (Å²) < 4.78 is 4.79. The lowest BCUT2D eigenvalue weighted by molar-refractivity contribution is -0.127. The van der Waals surface area contributed by atoms with Crippen LogP contribution in [0.4, 0.5) is 0 Å². The molecule has 0 aliphatic rings. The second-order valence-corrected chi connectivity index (χ2v) is 3.06. The maximum absolute atomic E-state index is 11.3. The second kappa shape index (κ2) is 8.19. The predicted octanol–water partition coefficient (Wildman–Crippen LogP) is -1.40. The minimum atomic E-state index is -0.626. The van der Waals surface area contributed by atoms with Crippen LogP contribution in [0.3, 0.4) is 0 Å². The normalized spacial score (nSPS) is 11.9. The molecule has 0 aromatic heterocycles. The van der Waals surface area contributed by atoms with Crippen LogP contribution < -0.4 is 16.4 Å². The molecule has 0 saturated heterocycles. The minimum Gasteiger partial charge on any atom is -0.385 e. The molecule has 6 heteroatoms. The van der Waals surface area contributed by atoms with E-state index in [0.29, 0.717) is 19.6 Å². The molecule has 0 aliphatic heterocycles. The van der Waals surface area contributed by atoms with Crippen molar-refractivity contribution >= 4 is 11.8 Å². The number of rotatable bonds is 7. The Labute approximate surface area is 89.5 Å². The van der Waals surface area contributed by atoms with Crippen LogP contribution in [0.2, 0.25) is 0 Å². The molecule has 0 rings (SSSR count). The SMILES string of the molecule is CCNC(=O)CNC(=O)C(N)CCOC. The molecule has 0 aromatic carbocycles. The molecule has 0 aromatic rings. The first-order chi connectivity index (χ1) is 7.11. The maximum atomic E-state index is 11.3. The lowest BCUT2D eigenvalue weighted by Crippen LogP contribution is -2.45. The van der Waals surface area contributed by atoms with Gasteiger partial charge in [0, 0.05) is 20.3 Å². The van der Waals surface area contributed by atoms with E-state index in [-0.39, 0.29) is 18.4 Å². The summed E-state index contributed by atoms with van der Waals surface area (Å²) >= 11 is 0. The number of amides is 2. The molecule has 0 radical (unpaired) electrons. The van der Waals surface area contributed by atoms with Gasteiger partial charge in [0.05, 0.1) is 12.6 Å². The molecule has 15 heavy (non-hydrogen) atoms. The van der Waals surface area contributed by atoms with E-state index in [2.05, 4.69) is 10.6 Å². The number of ether oxygens (including phenoxy) is 1. The lowest BCUT2D eigenvalue weighted by atomic mass is 10.2. The van der Waals surface area contributed by atoms with E-state index < -0.39 is 6.04 Å². The van der Waals surface area contributed by atoms with Gasteiger partial charge in [-0.05, 0) is 13.3 Å². The average molecular weight is 217 g/mol. The number of nitrogens with one attached hydrogen (secondary N) is 2. The molecule has 88 valence electrons. The van der Waals surface area contributed by atoms with Crippen LogP contribution in [-0.2, 0) is 14.3 Å². The Morgan fingerprint density at radius 3 is 2.60 bits per heavy atom. The van der Waals surface area contributed by atoms with Gasteiger partial charge in [0.1, 0.15) is 0 Å². The summed E-state index contributed by atoms with van der Waals surface area (Å²) in [5.41, 5.74) is 5.54. The van der Waals surface area contributed by atoms with Gasteiger partial charge in [0.25, 0.3) is 0 Å². The Balaban J connectivity index is 3.68. The van der Waals surface area contributed by atoms with Crippen molar-refractivity contribution in [2.24, 2.45) is 5.73 Å². The molecular weight excluding hydrogens is 198 g/mol. The average Bonchev–Trinajstić information content (AvgIpc) is 2.22. The molecule has 2 amide bonds. The number of carbonyl (C=O) groups is 2. The van der Waals surface area contributed by atoms with E-state index in [0.717, 1.165) is 0 Å². The van der Waals surface area contributed by atoms with Gasteiger partial charge < -0.3 is 21.1 Å². The van der Waals surface area contributed by atoms with Gasteiger partial charge in [-0.15, -0.1) is 0 Å². The highest BCUT2D eigenvalue weighted by molar-refractivity contribution is 5.87. The van der Waals surface area contributed by atoms with Crippen molar-refractivity contribution in [3.63, 3.8) is 0 Å². The first kappa shape index (κ1) is 13.9. The third-order valence-corrected chi connectivity index (χ3v) is 1.77. The van der Waals surface area contributed by atoms with E-state index >= 15 is 0 Å². The largest absolute Gasteiger partial charge is 0.385 e. The van der Waals surface area contributed by atoms with Gasteiger partial charge in [0.15, 0.2) is 0 Å². The lowest BCUT2D eigenvalue weighted by Gasteiger charge is -2.11. The summed E-state index contributed by atoms with van der Waals surface area (Å²) in [6.07, 6.45) is 0.442. The molecule has 0 aliphatic carbocycles. The molecule has 0 bridgehead atoms. The van der Waals surface area contributed by atoms with Gasteiger partial charge in [0.2, 0.25) is 11.8 Å². The maximum Gasteiger partial charge on any atom is 0.239 e. The van der Waals surface area contributed by atoms with Crippen molar-refractivity contribution in [2.75, 3.05) is 26.8 Å². The van der Waals surface area contributed by atoms with Crippen LogP contribution in [0.5, 0.6) is 0 Å². The molecule has 4 N–H and O–H groups in total. The standard InChI is InChI=1S/C9H19N3O3/c1-3-11-8(13)6-12-9(14)7(10)4-5-15-2/h7H,3-6,10H2,1-2H3,(H,11,13)(H,12,14). The van der Waals surface area contributed by atoms with Gasteiger partial charge in [-0.2, -0.15) is 0 Å². The summed E-state index contributed by atoms with van der Waals surface area (Å²) in [6.45, 7) is 2.75. The van der Waals surface area contributed by atoms with Gasteiger partial charge in [-0.3, -0.25) is 9.59 Å². The predicted molar refractivity (Wildman–Crippen MR) is 56.2 cm³/mol. The topological polar surface area (TPSA) is 93.5 Å². The van der Waals surface area contributed by atoms with Crippen molar-refractivity contribution in [1.29, 1.82) is 0 Å². The molecule has 0 saturated carbocycles. The van der Waals surface area contributed by atoms with E-state index in [1.807, 2.05) is 6.92 Å². The van der Waals surface area contributed by atoms with Crippen LogP contribution in [0.15, 0.2) is 0 Å². The first-order valence-electron chi connectivity index (χ1n) is 4.90. The van der Waals surface area contributed by atoms with Crippen molar-refractivity contribution < 1.29 is 14.3 Å². The van der Waals surface area contributed by atoms with Crippen LogP contribution in [0.1, 0.15) is 13.3 Å². The van der Waals surface area contributed by atoms with Crippen LogP contribution >= 0.6 is 0 Å². The summed E-state index contributed by atoms with van der Waals surface area (Å²) in [6, 6.07) is -0.626. The Bertz CT molecular complexity index is 209. The van der Waals surface area contributed by atoms with Crippen molar-refractivity contribution in [1.82, 2.24) is 10.6 Å². The van der Waals surface area contributed by atoms with E-state index in [9.17, 15) is 9.59 Å². The summed E-state index contributed by atoms with van der Waals surface area (Å²) in [5, 5.41) is 5.01.